The van der Waals surface area contributed by atoms with Crippen molar-refractivity contribution in [2.75, 3.05) is 25.1 Å². The van der Waals surface area contributed by atoms with E-state index in [-0.39, 0.29) is 12.6 Å². The van der Waals surface area contributed by atoms with Crippen LogP contribution in [0.1, 0.15) is 49.6 Å². The number of rotatable bonds is 5. The number of carbonyl (C=O) groups excluding carboxylic acids is 1. The number of nitrogens with zero attached hydrogens (tertiary/aromatic N) is 3. The molecule has 4 rings (SSSR count). The van der Waals surface area contributed by atoms with Crippen LogP contribution < -0.4 is 10.6 Å². The Bertz CT molecular complexity index is 948. The van der Waals surface area contributed by atoms with Crippen LogP contribution in [0.3, 0.4) is 0 Å². The van der Waals surface area contributed by atoms with Crippen LogP contribution >= 0.6 is 11.6 Å². The van der Waals surface area contributed by atoms with Gasteiger partial charge in [0, 0.05) is 36.0 Å². The van der Waals surface area contributed by atoms with Crippen molar-refractivity contribution >= 4 is 23.6 Å². The van der Waals surface area contributed by atoms with Crippen LogP contribution in [0.15, 0.2) is 30.5 Å². The Morgan fingerprint density at radius 2 is 2.16 bits per heavy atom. The van der Waals surface area contributed by atoms with Gasteiger partial charge in [0.1, 0.15) is 0 Å². The molecule has 1 fully saturated rings. The predicted molar refractivity (Wildman–Crippen MR) is 118 cm³/mol. The number of fused-ring (bicyclic) bond motifs is 1. The van der Waals surface area contributed by atoms with Crippen molar-refractivity contribution in [1.29, 1.82) is 0 Å². The van der Waals surface area contributed by atoms with E-state index in [1.165, 1.54) is 0 Å². The minimum Gasteiger partial charge on any atom is -0.394 e. The molecule has 2 aliphatic rings. The molecule has 166 valence electrons. The van der Waals surface area contributed by atoms with Gasteiger partial charge in [0.2, 0.25) is 5.95 Å². The lowest BCUT2D eigenvalue weighted by atomic mass is 9.97. The average molecular weight is 446 g/mol. The number of hydrogen-bond donors (Lipinski definition) is 3. The van der Waals surface area contributed by atoms with Gasteiger partial charge in [-0.2, -0.15) is 0 Å². The van der Waals surface area contributed by atoms with Gasteiger partial charge in [-0.05, 0) is 44.4 Å². The lowest BCUT2D eigenvalue weighted by molar-refractivity contribution is 0.0903. The van der Waals surface area contributed by atoms with Gasteiger partial charge in [-0.3, -0.25) is 0 Å². The highest BCUT2D eigenvalue weighted by molar-refractivity contribution is 6.30. The summed E-state index contributed by atoms with van der Waals surface area (Å²) in [6.45, 7) is 5.56. The molecule has 0 bridgehead atoms. The molecule has 1 aromatic heterocycles. The van der Waals surface area contributed by atoms with E-state index in [9.17, 15) is 9.90 Å². The van der Waals surface area contributed by atoms with Crippen molar-refractivity contribution < 1.29 is 14.6 Å². The molecule has 2 amide bonds. The number of carbonyl (C=O) groups is 1. The fourth-order valence-corrected chi connectivity index (χ4v) is 4.34. The van der Waals surface area contributed by atoms with Gasteiger partial charge >= 0.3 is 6.03 Å². The molecule has 0 radical (unpaired) electrons. The largest absolute Gasteiger partial charge is 0.394 e. The number of aromatic nitrogens is 2. The number of nitrogens with one attached hydrogen (secondary N) is 2. The summed E-state index contributed by atoms with van der Waals surface area (Å²) in [5, 5.41) is 16.7. The quantitative estimate of drug-likeness (QED) is 0.653. The molecule has 0 aliphatic carbocycles. The maximum absolute atomic E-state index is 13.2. The molecule has 8 nitrogen and oxygen atoms in total. The van der Waals surface area contributed by atoms with Crippen molar-refractivity contribution in [3.8, 4) is 0 Å². The Morgan fingerprint density at radius 3 is 2.87 bits per heavy atom. The highest BCUT2D eigenvalue weighted by atomic mass is 35.5. The number of hydrogen-bond acceptors (Lipinski definition) is 6. The number of benzene rings is 1. The second kappa shape index (κ2) is 8.98. The highest BCUT2D eigenvalue weighted by Gasteiger charge is 2.42. The third-order valence-corrected chi connectivity index (χ3v) is 6.28. The molecule has 1 atom stereocenters. The van der Waals surface area contributed by atoms with Crippen molar-refractivity contribution in [3.05, 3.63) is 52.3 Å². The summed E-state index contributed by atoms with van der Waals surface area (Å²) in [6.07, 6.45) is 3.65. The zero-order valence-electron chi connectivity index (χ0n) is 17.8. The molecular formula is C22H28ClN5O3. The predicted octanol–water partition coefficient (Wildman–Crippen LogP) is 3.21. The number of ether oxygens (including phenoxy) is 1. The molecular weight excluding hydrogens is 418 g/mol. The number of amides is 2. The Balaban J connectivity index is 1.48. The van der Waals surface area contributed by atoms with Crippen molar-refractivity contribution in [3.63, 3.8) is 0 Å². The van der Waals surface area contributed by atoms with Gasteiger partial charge in [0.15, 0.2) is 0 Å². The molecule has 3 heterocycles. The van der Waals surface area contributed by atoms with Crippen LogP contribution in [-0.4, -0.2) is 51.9 Å². The van der Waals surface area contributed by atoms with E-state index in [4.69, 9.17) is 21.3 Å². The topological polar surface area (TPSA) is 99.6 Å². The van der Waals surface area contributed by atoms with Gasteiger partial charge in [0.05, 0.1) is 30.4 Å². The van der Waals surface area contributed by atoms with E-state index >= 15 is 0 Å². The third kappa shape index (κ3) is 4.61. The summed E-state index contributed by atoms with van der Waals surface area (Å²) in [6, 6.07) is 6.59. The number of aliphatic hydroxyl groups is 1. The zero-order valence-corrected chi connectivity index (χ0v) is 18.5. The van der Waals surface area contributed by atoms with E-state index in [0.717, 1.165) is 42.9 Å². The van der Waals surface area contributed by atoms with Gasteiger partial charge in [-0.25, -0.2) is 14.8 Å². The maximum Gasteiger partial charge on any atom is 0.319 e. The average Bonchev–Trinajstić information content (AvgIpc) is 3.02. The van der Waals surface area contributed by atoms with Crippen molar-refractivity contribution in [2.45, 2.75) is 50.9 Å². The van der Waals surface area contributed by atoms with Gasteiger partial charge in [-0.1, -0.05) is 23.7 Å². The summed E-state index contributed by atoms with van der Waals surface area (Å²) >= 11 is 6.07. The van der Waals surface area contributed by atoms with Crippen LogP contribution in [0.5, 0.6) is 0 Å². The van der Waals surface area contributed by atoms with Gasteiger partial charge in [-0.15, -0.1) is 0 Å². The molecule has 2 aliphatic heterocycles. The SMILES string of the molecule is CC1(C)c2cnc(NC3CCOCC3)nc2CN1C(=O)NC(CO)c1cccc(Cl)c1. The summed E-state index contributed by atoms with van der Waals surface area (Å²) in [7, 11) is 0. The van der Waals surface area contributed by atoms with E-state index in [2.05, 4.69) is 15.6 Å². The normalized spacial score (nSPS) is 19.0. The highest BCUT2D eigenvalue weighted by Crippen LogP contribution is 2.38. The summed E-state index contributed by atoms with van der Waals surface area (Å²) in [4.78, 5) is 24.1. The van der Waals surface area contributed by atoms with E-state index < -0.39 is 11.6 Å². The van der Waals surface area contributed by atoms with Gasteiger partial charge in [0.25, 0.3) is 0 Å². The Labute approximate surface area is 187 Å². The van der Waals surface area contributed by atoms with E-state index in [1.54, 1.807) is 29.3 Å². The maximum atomic E-state index is 13.2. The van der Waals surface area contributed by atoms with Crippen LogP contribution in [0, 0.1) is 0 Å². The van der Waals surface area contributed by atoms with E-state index in [1.807, 2.05) is 19.9 Å². The second-order valence-corrected chi connectivity index (χ2v) is 8.91. The molecule has 1 unspecified atom stereocenters. The van der Waals surface area contributed by atoms with Crippen LogP contribution in [0.25, 0.3) is 0 Å². The number of halogens is 1. The first kappa shape index (κ1) is 21.8. The first-order chi connectivity index (χ1) is 14.9. The first-order valence-corrected chi connectivity index (χ1v) is 10.9. The first-order valence-electron chi connectivity index (χ1n) is 10.5. The van der Waals surface area contributed by atoms with Crippen molar-refractivity contribution in [2.24, 2.45) is 0 Å². The summed E-state index contributed by atoms with van der Waals surface area (Å²) < 4.78 is 5.40. The Morgan fingerprint density at radius 1 is 1.39 bits per heavy atom. The molecule has 2 aromatic rings. The Kier molecular flexibility index (Phi) is 6.31. The minimum atomic E-state index is -0.578. The summed E-state index contributed by atoms with van der Waals surface area (Å²) in [5.41, 5.74) is 1.92. The molecule has 0 saturated carbocycles. The number of aliphatic hydroxyl groups excluding tert-OH is 1. The number of anilines is 1. The molecule has 1 aromatic carbocycles. The zero-order chi connectivity index (χ0) is 22.0. The van der Waals surface area contributed by atoms with Crippen LogP contribution in [0.4, 0.5) is 10.7 Å². The van der Waals surface area contributed by atoms with Crippen LogP contribution in [-0.2, 0) is 16.8 Å². The third-order valence-electron chi connectivity index (χ3n) is 6.04. The Hall–Kier alpha value is -2.42. The minimum absolute atomic E-state index is 0.230. The smallest absolute Gasteiger partial charge is 0.319 e. The van der Waals surface area contributed by atoms with Gasteiger partial charge < -0.3 is 25.4 Å². The molecule has 1 saturated heterocycles. The molecule has 3 N–H and O–H groups in total. The lowest BCUT2D eigenvalue weighted by Gasteiger charge is -2.33. The molecule has 9 heteroatoms. The lowest BCUT2D eigenvalue weighted by Crippen LogP contribution is -2.47. The second-order valence-electron chi connectivity index (χ2n) is 8.47. The summed E-state index contributed by atoms with van der Waals surface area (Å²) in [5.74, 6) is 0.580. The van der Waals surface area contributed by atoms with Crippen LogP contribution in [0.2, 0.25) is 5.02 Å². The van der Waals surface area contributed by atoms with Crippen molar-refractivity contribution in [1.82, 2.24) is 20.2 Å². The fourth-order valence-electron chi connectivity index (χ4n) is 4.15. The molecule has 31 heavy (non-hydrogen) atoms. The molecule has 0 spiro atoms. The standard InChI is InChI=1S/C22H28ClN5O3/c1-22(2)17-11-24-20(25-16-6-8-31-9-7-16)26-18(17)12-28(22)21(30)27-19(13-29)14-4-3-5-15(23)10-14/h3-5,10-11,16,19,29H,6-9,12-13H2,1-2H3,(H,27,30)(H,24,25,26). The monoisotopic (exact) mass is 445 g/mol. The number of urea groups is 1. The van der Waals surface area contributed by atoms with E-state index in [0.29, 0.717) is 23.6 Å². The fraction of sp³-hybridized carbons (Fsp3) is 0.500.